The van der Waals surface area contributed by atoms with Gasteiger partial charge in [0.15, 0.2) is 0 Å². The molecule has 0 aliphatic carbocycles. The maximum absolute atomic E-state index is 10.8. The Morgan fingerprint density at radius 1 is 0.750 bits per heavy atom. The van der Waals surface area contributed by atoms with E-state index in [1.165, 1.54) is 17.5 Å². The molecule has 4 rings (SSSR count). The average Bonchev–Trinajstić information content (AvgIpc) is 2.62. The summed E-state index contributed by atoms with van der Waals surface area (Å²) in [6.07, 6.45) is 0. The SMILES string of the molecule is Nc1c(-c2ccc([N+](=O)[O-])cc2)ccc2c1ccc1ccccc12. The molecule has 4 aromatic carbocycles. The van der Waals surface area contributed by atoms with Crippen LogP contribution in [-0.4, -0.2) is 4.92 Å². The van der Waals surface area contributed by atoms with Crippen LogP contribution in [0.3, 0.4) is 0 Å². The summed E-state index contributed by atoms with van der Waals surface area (Å²) in [5.74, 6) is 0. The van der Waals surface area contributed by atoms with Gasteiger partial charge in [-0.15, -0.1) is 0 Å². The predicted octanol–water partition coefficient (Wildman–Crippen LogP) is 5.15. The van der Waals surface area contributed by atoms with Crippen molar-refractivity contribution in [3.05, 3.63) is 82.9 Å². The van der Waals surface area contributed by atoms with Gasteiger partial charge in [0.05, 0.1) is 4.92 Å². The minimum absolute atomic E-state index is 0.0732. The zero-order valence-corrected chi connectivity index (χ0v) is 12.8. The van der Waals surface area contributed by atoms with Gasteiger partial charge in [-0.05, 0) is 33.9 Å². The highest BCUT2D eigenvalue weighted by molar-refractivity contribution is 6.13. The van der Waals surface area contributed by atoms with E-state index >= 15 is 0 Å². The minimum Gasteiger partial charge on any atom is -0.398 e. The molecule has 4 heteroatoms. The van der Waals surface area contributed by atoms with Gasteiger partial charge < -0.3 is 5.73 Å². The second-order valence-corrected chi connectivity index (χ2v) is 5.71. The highest BCUT2D eigenvalue weighted by Gasteiger charge is 2.10. The maximum Gasteiger partial charge on any atom is 0.269 e. The van der Waals surface area contributed by atoms with Crippen LogP contribution in [0.5, 0.6) is 0 Å². The molecule has 0 radical (unpaired) electrons. The molecular weight excluding hydrogens is 300 g/mol. The van der Waals surface area contributed by atoms with Gasteiger partial charge in [0.1, 0.15) is 0 Å². The highest BCUT2D eigenvalue weighted by atomic mass is 16.6. The number of rotatable bonds is 2. The monoisotopic (exact) mass is 314 g/mol. The lowest BCUT2D eigenvalue weighted by atomic mass is 9.95. The van der Waals surface area contributed by atoms with Gasteiger partial charge in [-0.1, -0.05) is 48.5 Å². The molecule has 24 heavy (non-hydrogen) atoms. The number of fused-ring (bicyclic) bond motifs is 3. The number of hydrogen-bond donors (Lipinski definition) is 1. The van der Waals surface area contributed by atoms with Crippen LogP contribution in [0.25, 0.3) is 32.7 Å². The van der Waals surface area contributed by atoms with E-state index in [2.05, 4.69) is 24.3 Å². The molecule has 0 atom stereocenters. The summed E-state index contributed by atoms with van der Waals surface area (Å²) in [4.78, 5) is 10.4. The van der Waals surface area contributed by atoms with Crippen molar-refractivity contribution in [3.63, 3.8) is 0 Å². The van der Waals surface area contributed by atoms with Crippen molar-refractivity contribution in [2.45, 2.75) is 0 Å². The number of non-ortho nitro benzene ring substituents is 1. The normalized spacial score (nSPS) is 11.0. The molecule has 0 saturated carbocycles. The molecule has 0 spiro atoms. The second kappa shape index (κ2) is 5.35. The molecule has 0 aromatic heterocycles. The van der Waals surface area contributed by atoms with Gasteiger partial charge in [0.25, 0.3) is 5.69 Å². The van der Waals surface area contributed by atoms with Gasteiger partial charge in [-0.3, -0.25) is 10.1 Å². The number of nitrogens with zero attached hydrogens (tertiary/aromatic N) is 1. The summed E-state index contributed by atoms with van der Waals surface area (Å²) in [5, 5.41) is 15.2. The number of nitrogen functional groups attached to an aromatic ring is 1. The topological polar surface area (TPSA) is 69.2 Å². The number of hydrogen-bond acceptors (Lipinski definition) is 3. The molecule has 0 bridgehead atoms. The van der Waals surface area contributed by atoms with Gasteiger partial charge in [-0.2, -0.15) is 0 Å². The van der Waals surface area contributed by atoms with Crippen molar-refractivity contribution in [2.24, 2.45) is 0 Å². The van der Waals surface area contributed by atoms with Crippen LogP contribution in [0.4, 0.5) is 11.4 Å². The Balaban J connectivity index is 1.92. The smallest absolute Gasteiger partial charge is 0.269 e. The zero-order valence-electron chi connectivity index (χ0n) is 12.8. The zero-order chi connectivity index (χ0) is 16.7. The number of anilines is 1. The molecule has 0 aliphatic heterocycles. The van der Waals surface area contributed by atoms with Crippen molar-refractivity contribution in [1.82, 2.24) is 0 Å². The van der Waals surface area contributed by atoms with Gasteiger partial charge >= 0.3 is 0 Å². The second-order valence-electron chi connectivity index (χ2n) is 5.71. The number of nitro benzene ring substituents is 1. The van der Waals surface area contributed by atoms with E-state index in [-0.39, 0.29) is 5.69 Å². The van der Waals surface area contributed by atoms with Crippen LogP contribution in [0, 0.1) is 10.1 Å². The van der Waals surface area contributed by atoms with E-state index in [0.29, 0.717) is 5.69 Å². The maximum atomic E-state index is 10.8. The molecular formula is C20H14N2O2. The van der Waals surface area contributed by atoms with E-state index in [9.17, 15) is 10.1 Å². The van der Waals surface area contributed by atoms with E-state index in [1.54, 1.807) is 12.1 Å². The molecule has 4 aromatic rings. The third kappa shape index (κ3) is 2.16. The summed E-state index contributed by atoms with van der Waals surface area (Å²) in [7, 11) is 0. The summed E-state index contributed by atoms with van der Waals surface area (Å²) in [6.45, 7) is 0. The minimum atomic E-state index is -0.403. The van der Waals surface area contributed by atoms with Gasteiger partial charge in [0.2, 0.25) is 0 Å². The first-order chi connectivity index (χ1) is 11.6. The van der Waals surface area contributed by atoms with Gasteiger partial charge in [0, 0.05) is 28.8 Å². The lowest BCUT2D eigenvalue weighted by molar-refractivity contribution is -0.384. The van der Waals surface area contributed by atoms with Crippen LogP contribution in [0.1, 0.15) is 0 Å². The van der Waals surface area contributed by atoms with Crippen LogP contribution in [0.2, 0.25) is 0 Å². The Kier molecular flexibility index (Phi) is 3.17. The van der Waals surface area contributed by atoms with E-state index in [1.807, 2.05) is 24.3 Å². The molecule has 0 amide bonds. The third-order valence-electron chi connectivity index (χ3n) is 4.36. The van der Waals surface area contributed by atoms with Crippen molar-refractivity contribution in [1.29, 1.82) is 0 Å². The quantitative estimate of drug-likeness (QED) is 0.241. The number of benzene rings is 4. The Labute approximate surface area is 138 Å². The summed E-state index contributed by atoms with van der Waals surface area (Å²) >= 11 is 0. The third-order valence-corrected chi connectivity index (χ3v) is 4.36. The fourth-order valence-electron chi connectivity index (χ4n) is 3.13. The van der Waals surface area contributed by atoms with Gasteiger partial charge in [-0.25, -0.2) is 0 Å². The molecule has 4 nitrogen and oxygen atoms in total. The van der Waals surface area contributed by atoms with Crippen LogP contribution in [-0.2, 0) is 0 Å². The molecule has 0 fully saturated rings. The van der Waals surface area contributed by atoms with Crippen molar-refractivity contribution in [3.8, 4) is 11.1 Å². The predicted molar refractivity (Wildman–Crippen MR) is 98.0 cm³/mol. The number of nitro groups is 1. The first kappa shape index (κ1) is 14.2. The largest absolute Gasteiger partial charge is 0.398 e. The Morgan fingerprint density at radius 2 is 1.46 bits per heavy atom. The Hall–Kier alpha value is -3.40. The lowest BCUT2D eigenvalue weighted by Gasteiger charge is -2.11. The Bertz CT molecular complexity index is 1090. The molecule has 2 N–H and O–H groups in total. The molecule has 0 aliphatic rings. The number of nitrogens with two attached hydrogens (primary N) is 1. The van der Waals surface area contributed by atoms with Crippen LogP contribution in [0.15, 0.2) is 72.8 Å². The standard InChI is InChI=1S/C20H14N2O2/c21-20-17(14-5-8-15(9-6-14)22(23)24)11-12-18-16-4-2-1-3-13(16)7-10-19(18)20/h1-12H,21H2. The van der Waals surface area contributed by atoms with Crippen molar-refractivity contribution < 1.29 is 4.92 Å². The molecule has 0 saturated heterocycles. The molecule has 0 unspecified atom stereocenters. The van der Waals surface area contributed by atoms with Crippen LogP contribution >= 0.6 is 0 Å². The highest BCUT2D eigenvalue weighted by Crippen LogP contribution is 2.36. The average molecular weight is 314 g/mol. The summed E-state index contributed by atoms with van der Waals surface area (Å²) in [5.41, 5.74) is 8.92. The van der Waals surface area contributed by atoms with Crippen LogP contribution < -0.4 is 5.73 Å². The fraction of sp³-hybridized carbons (Fsp3) is 0. The Morgan fingerprint density at radius 3 is 2.21 bits per heavy atom. The molecule has 116 valence electrons. The fourth-order valence-corrected chi connectivity index (χ4v) is 3.13. The lowest BCUT2D eigenvalue weighted by Crippen LogP contribution is -1.93. The summed E-state index contributed by atoms with van der Waals surface area (Å²) in [6, 6.07) is 22.8. The van der Waals surface area contributed by atoms with E-state index in [4.69, 9.17) is 5.73 Å². The molecule has 0 heterocycles. The van der Waals surface area contributed by atoms with Crippen molar-refractivity contribution >= 4 is 32.9 Å². The van der Waals surface area contributed by atoms with Crippen molar-refractivity contribution in [2.75, 3.05) is 5.73 Å². The van der Waals surface area contributed by atoms with E-state index < -0.39 is 4.92 Å². The van der Waals surface area contributed by atoms with E-state index in [0.717, 1.165) is 27.3 Å². The first-order valence-electron chi connectivity index (χ1n) is 7.60. The summed E-state index contributed by atoms with van der Waals surface area (Å²) < 4.78 is 0. The first-order valence-corrected chi connectivity index (χ1v) is 7.60.